The standard InChI is InChI=1S/C8H10N4.2ClH/c1-5-3-6(2)12-8(11-5)7(9)4-10-12;;/h3-4H,9H2,1-2H3;2*1H. The van der Waals surface area contributed by atoms with Crippen molar-refractivity contribution in [1.29, 1.82) is 0 Å². The van der Waals surface area contributed by atoms with Crippen LogP contribution in [0.2, 0.25) is 0 Å². The van der Waals surface area contributed by atoms with Crippen LogP contribution in [0, 0.1) is 13.8 Å². The van der Waals surface area contributed by atoms with Gasteiger partial charge in [0.15, 0.2) is 5.65 Å². The van der Waals surface area contributed by atoms with E-state index in [1.165, 1.54) is 0 Å². The molecular weight excluding hydrogens is 223 g/mol. The van der Waals surface area contributed by atoms with Crippen LogP contribution in [0.15, 0.2) is 12.3 Å². The van der Waals surface area contributed by atoms with Gasteiger partial charge in [-0.15, -0.1) is 24.8 Å². The molecule has 0 unspecified atom stereocenters. The van der Waals surface area contributed by atoms with E-state index in [0.29, 0.717) is 5.69 Å². The molecule has 2 heterocycles. The van der Waals surface area contributed by atoms with E-state index in [1.54, 1.807) is 10.7 Å². The zero-order valence-electron chi connectivity index (χ0n) is 7.89. The average molecular weight is 235 g/mol. The maximum Gasteiger partial charge on any atom is 0.178 e. The number of fused-ring (bicyclic) bond motifs is 1. The number of rotatable bonds is 0. The predicted octanol–water partition coefficient (Wildman–Crippen LogP) is 1.77. The molecular formula is C8H12Cl2N4. The van der Waals surface area contributed by atoms with E-state index in [4.69, 9.17) is 5.73 Å². The van der Waals surface area contributed by atoms with Crippen LogP contribution in [0.5, 0.6) is 0 Å². The molecule has 0 aliphatic rings. The highest BCUT2D eigenvalue weighted by Crippen LogP contribution is 2.12. The summed E-state index contributed by atoms with van der Waals surface area (Å²) < 4.78 is 1.74. The van der Waals surface area contributed by atoms with Crippen LogP contribution < -0.4 is 5.73 Å². The first-order valence-electron chi connectivity index (χ1n) is 3.76. The van der Waals surface area contributed by atoms with Gasteiger partial charge in [-0.1, -0.05) is 0 Å². The van der Waals surface area contributed by atoms with Crippen molar-refractivity contribution in [2.45, 2.75) is 13.8 Å². The lowest BCUT2D eigenvalue weighted by Gasteiger charge is -1.99. The SMILES string of the molecule is Cc1cc(C)n2ncc(N)c2n1.Cl.Cl. The van der Waals surface area contributed by atoms with Gasteiger partial charge in [-0.25, -0.2) is 9.50 Å². The lowest BCUT2D eigenvalue weighted by atomic mass is 10.3. The van der Waals surface area contributed by atoms with Gasteiger partial charge in [-0.2, -0.15) is 5.10 Å². The fraction of sp³-hybridized carbons (Fsp3) is 0.250. The molecule has 6 heteroatoms. The lowest BCUT2D eigenvalue weighted by molar-refractivity contribution is 0.886. The van der Waals surface area contributed by atoms with Gasteiger partial charge >= 0.3 is 0 Å². The molecule has 14 heavy (non-hydrogen) atoms. The zero-order valence-corrected chi connectivity index (χ0v) is 9.52. The third-order valence-corrected chi connectivity index (χ3v) is 1.81. The minimum absolute atomic E-state index is 0. The Morgan fingerprint density at radius 3 is 2.57 bits per heavy atom. The minimum atomic E-state index is 0. The largest absolute Gasteiger partial charge is 0.394 e. The molecule has 2 aromatic rings. The van der Waals surface area contributed by atoms with E-state index < -0.39 is 0 Å². The van der Waals surface area contributed by atoms with Crippen LogP contribution >= 0.6 is 24.8 Å². The summed E-state index contributed by atoms with van der Waals surface area (Å²) in [6, 6.07) is 1.97. The zero-order chi connectivity index (χ0) is 8.72. The van der Waals surface area contributed by atoms with Crippen molar-refractivity contribution >= 4 is 36.1 Å². The van der Waals surface area contributed by atoms with Crippen LogP contribution in [-0.4, -0.2) is 14.6 Å². The Morgan fingerprint density at radius 2 is 1.93 bits per heavy atom. The summed E-state index contributed by atoms with van der Waals surface area (Å²) in [5.74, 6) is 0. The summed E-state index contributed by atoms with van der Waals surface area (Å²) in [6.07, 6.45) is 1.62. The normalized spacial score (nSPS) is 9.29. The number of nitrogens with zero attached hydrogens (tertiary/aromatic N) is 3. The van der Waals surface area contributed by atoms with Gasteiger partial charge in [-0.05, 0) is 19.9 Å². The van der Waals surface area contributed by atoms with E-state index in [1.807, 2.05) is 19.9 Å². The smallest absolute Gasteiger partial charge is 0.178 e. The molecule has 78 valence electrons. The maximum absolute atomic E-state index is 5.67. The second-order valence-corrected chi connectivity index (χ2v) is 2.87. The first kappa shape index (κ1) is 13.0. The number of nitrogen functional groups attached to an aromatic ring is 1. The van der Waals surface area contributed by atoms with Gasteiger partial charge in [0.05, 0.1) is 11.9 Å². The second-order valence-electron chi connectivity index (χ2n) is 2.87. The second kappa shape index (κ2) is 4.48. The van der Waals surface area contributed by atoms with Crippen molar-refractivity contribution in [1.82, 2.24) is 14.6 Å². The maximum atomic E-state index is 5.67. The quantitative estimate of drug-likeness (QED) is 0.757. The molecule has 0 amide bonds. The molecule has 0 bridgehead atoms. The molecule has 0 fully saturated rings. The average Bonchev–Trinajstić information content (AvgIpc) is 2.33. The molecule has 2 N–H and O–H groups in total. The molecule has 0 saturated heterocycles. The molecule has 2 aromatic heterocycles. The molecule has 0 aliphatic heterocycles. The summed E-state index contributed by atoms with van der Waals surface area (Å²) in [4.78, 5) is 4.27. The van der Waals surface area contributed by atoms with Crippen molar-refractivity contribution in [3.05, 3.63) is 23.7 Å². The van der Waals surface area contributed by atoms with Crippen molar-refractivity contribution < 1.29 is 0 Å². The van der Waals surface area contributed by atoms with Gasteiger partial charge in [0, 0.05) is 11.4 Å². The third-order valence-electron chi connectivity index (χ3n) is 1.81. The summed E-state index contributed by atoms with van der Waals surface area (Å²) in [5, 5.41) is 4.09. The summed E-state index contributed by atoms with van der Waals surface area (Å²) in [5.41, 5.74) is 9.05. The third kappa shape index (κ3) is 1.91. The Bertz CT molecular complexity index is 438. The fourth-order valence-electron chi connectivity index (χ4n) is 1.29. The highest BCUT2D eigenvalue weighted by molar-refractivity contribution is 5.85. The first-order valence-corrected chi connectivity index (χ1v) is 3.76. The van der Waals surface area contributed by atoms with Crippen molar-refractivity contribution in [3.8, 4) is 0 Å². The van der Waals surface area contributed by atoms with Crippen LogP contribution in [0.25, 0.3) is 5.65 Å². The number of aromatic nitrogens is 3. The van der Waals surface area contributed by atoms with E-state index in [-0.39, 0.29) is 24.8 Å². The fourth-order valence-corrected chi connectivity index (χ4v) is 1.29. The summed E-state index contributed by atoms with van der Waals surface area (Å²) in [6.45, 7) is 3.92. The number of halogens is 2. The Hall–Kier alpha value is -1.000. The van der Waals surface area contributed by atoms with Gasteiger partial charge in [0.2, 0.25) is 0 Å². The van der Waals surface area contributed by atoms with Crippen LogP contribution in [-0.2, 0) is 0 Å². The molecule has 0 saturated carbocycles. The Morgan fingerprint density at radius 1 is 1.29 bits per heavy atom. The molecule has 4 nitrogen and oxygen atoms in total. The Kier molecular flexibility index (Phi) is 4.16. The number of hydrogen-bond donors (Lipinski definition) is 1. The van der Waals surface area contributed by atoms with E-state index >= 15 is 0 Å². The number of hydrogen-bond acceptors (Lipinski definition) is 3. The van der Waals surface area contributed by atoms with Crippen molar-refractivity contribution in [2.24, 2.45) is 0 Å². The molecule has 0 spiro atoms. The Balaban J connectivity index is 0.000000845. The van der Waals surface area contributed by atoms with Crippen molar-refractivity contribution in [3.63, 3.8) is 0 Å². The molecule has 2 rings (SSSR count). The lowest BCUT2D eigenvalue weighted by Crippen LogP contribution is -1.97. The molecule has 0 aliphatic carbocycles. The molecule has 0 aromatic carbocycles. The summed E-state index contributed by atoms with van der Waals surface area (Å²) in [7, 11) is 0. The van der Waals surface area contributed by atoms with Gasteiger partial charge < -0.3 is 5.73 Å². The molecule has 0 atom stereocenters. The van der Waals surface area contributed by atoms with Crippen molar-refractivity contribution in [2.75, 3.05) is 5.73 Å². The monoisotopic (exact) mass is 234 g/mol. The summed E-state index contributed by atoms with van der Waals surface area (Å²) >= 11 is 0. The van der Waals surface area contributed by atoms with E-state index in [0.717, 1.165) is 17.0 Å². The topological polar surface area (TPSA) is 56.2 Å². The highest BCUT2D eigenvalue weighted by atomic mass is 35.5. The van der Waals surface area contributed by atoms with Crippen LogP contribution in [0.1, 0.15) is 11.4 Å². The van der Waals surface area contributed by atoms with Crippen LogP contribution in [0.4, 0.5) is 5.69 Å². The molecule has 0 radical (unpaired) electrons. The minimum Gasteiger partial charge on any atom is -0.394 e. The number of aryl methyl sites for hydroxylation is 2. The number of anilines is 1. The van der Waals surface area contributed by atoms with Gasteiger partial charge in [-0.3, -0.25) is 0 Å². The van der Waals surface area contributed by atoms with Gasteiger partial charge in [0.25, 0.3) is 0 Å². The highest BCUT2D eigenvalue weighted by Gasteiger charge is 2.03. The Labute approximate surface area is 94.3 Å². The predicted molar refractivity (Wildman–Crippen MR) is 61.4 cm³/mol. The van der Waals surface area contributed by atoms with Crippen LogP contribution in [0.3, 0.4) is 0 Å². The van der Waals surface area contributed by atoms with Gasteiger partial charge in [0.1, 0.15) is 0 Å². The number of nitrogens with two attached hydrogens (primary N) is 1. The first-order chi connectivity index (χ1) is 5.68. The van der Waals surface area contributed by atoms with E-state index in [2.05, 4.69) is 10.1 Å². The van der Waals surface area contributed by atoms with E-state index in [9.17, 15) is 0 Å².